The molecule has 3 rings (SSSR count). The van der Waals surface area contributed by atoms with Crippen LogP contribution in [-0.2, 0) is 13.5 Å². The van der Waals surface area contributed by atoms with Gasteiger partial charge in [-0.15, -0.1) is 0 Å². The van der Waals surface area contributed by atoms with Gasteiger partial charge in [-0.25, -0.2) is 4.98 Å². The number of hydrogen-bond acceptors (Lipinski definition) is 2. The maximum Gasteiger partial charge on any atom is 0.108 e. The van der Waals surface area contributed by atoms with Gasteiger partial charge in [-0.05, 0) is 42.9 Å². The number of rotatable bonds is 7. The predicted molar refractivity (Wildman–Crippen MR) is 86.7 cm³/mol. The van der Waals surface area contributed by atoms with Gasteiger partial charge in [0, 0.05) is 43.5 Å². The lowest BCUT2D eigenvalue weighted by molar-refractivity contribution is 0.538. The third kappa shape index (κ3) is 4.08. The molecule has 1 aromatic heterocycles. The van der Waals surface area contributed by atoms with Crippen molar-refractivity contribution in [3.05, 3.63) is 53.1 Å². The molecule has 0 spiro atoms. The number of aromatic nitrogens is 2. The Labute approximate surface area is 131 Å². The van der Waals surface area contributed by atoms with E-state index in [-0.39, 0.29) is 0 Å². The maximum atomic E-state index is 6.15. The molecule has 0 amide bonds. The molecule has 1 heterocycles. The topological polar surface area (TPSA) is 29.9 Å². The zero-order valence-corrected chi connectivity index (χ0v) is 13.2. The summed E-state index contributed by atoms with van der Waals surface area (Å²) in [6.07, 6.45) is 8.60. The predicted octanol–water partition coefficient (Wildman–Crippen LogP) is 3.54. The molecular weight excluding hydrogens is 282 g/mol. The molecule has 1 saturated carbocycles. The Kier molecular flexibility index (Phi) is 4.61. The van der Waals surface area contributed by atoms with Crippen LogP contribution >= 0.6 is 11.6 Å². The minimum Gasteiger partial charge on any atom is -0.338 e. The van der Waals surface area contributed by atoms with Crippen molar-refractivity contribution in [2.45, 2.75) is 37.6 Å². The SMILES string of the molecule is Cn1ccnc1CCC(CNC1CC1)c1cccc(Cl)c1. The second kappa shape index (κ2) is 6.63. The van der Waals surface area contributed by atoms with Gasteiger partial charge in [0.2, 0.25) is 0 Å². The van der Waals surface area contributed by atoms with E-state index in [1.54, 1.807) is 0 Å². The zero-order valence-electron chi connectivity index (χ0n) is 12.4. The summed E-state index contributed by atoms with van der Waals surface area (Å²) in [6, 6.07) is 9.00. The highest BCUT2D eigenvalue weighted by molar-refractivity contribution is 6.30. The number of hydrogen-bond donors (Lipinski definition) is 1. The second-order valence-electron chi connectivity index (χ2n) is 5.93. The van der Waals surface area contributed by atoms with E-state index in [0.717, 1.165) is 36.3 Å². The van der Waals surface area contributed by atoms with Crippen LogP contribution in [0.1, 0.15) is 36.6 Å². The average Bonchev–Trinajstić information content (AvgIpc) is 3.21. The lowest BCUT2D eigenvalue weighted by atomic mass is 9.94. The Morgan fingerprint density at radius 3 is 2.95 bits per heavy atom. The first-order valence-electron chi connectivity index (χ1n) is 7.67. The highest BCUT2D eigenvalue weighted by Gasteiger charge is 2.22. The number of imidazole rings is 1. The highest BCUT2D eigenvalue weighted by Crippen LogP contribution is 2.26. The molecule has 1 aromatic carbocycles. The lowest BCUT2D eigenvalue weighted by Crippen LogP contribution is -2.24. The van der Waals surface area contributed by atoms with E-state index in [9.17, 15) is 0 Å². The van der Waals surface area contributed by atoms with Gasteiger partial charge in [-0.2, -0.15) is 0 Å². The highest BCUT2D eigenvalue weighted by atomic mass is 35.5. The molecule has 0 radical (unpaired) electrons. The van der Waals surface area contributed by atoms with Crippen molar-refractivity contribution in [3.8, 4) is 0 Å². The average molecular weight is 304 g/mol. The summed E-state index contributed by atoms with van der Waals surface area (Å²) in [5.41, 5.74) is 1.32. The van der Waals surface area contributed by atoms with E-state index in [2.05, 4.69) is 34.0 Å². The van der Waals surface area contributed by atoms with Crippen LogP contribution in [0.4, 0.5) is 0 Å². The third-order valence-corrected chi connectivity index (χ3v) is 4.42. The Bertz CT molecular complexity index is 589. The van der Waals surface area contributed by atoms with Gasteiger partial charge in [-0.1, -0.05) is 23.7 Å². The number of nitrogens with one attached hydrogen (secondary N) is 1. The van der Waals surface area contributed by atoms with Crippen molar-refractivity contribution in [3.63, 3.8) is 0 Å². The molecule has 21 heavy (non-hydrogen) atoms. The Morgan fingerprint density at radius 1 is 1.43 bits per heavy atom. The number of benzene rings is 1. The zero-order chi connectivity index (χ0) is 14.7. The Morgan fingerprint density at radius 2 is 2.29 bits per heavy atom. The summed E-state index contributed by atoms with van der Waals surface area (Å²) in [4.78, 5) is 4.42. The van der Waals surface area contributed by atoms with Crippen LogP contribution in [0.2, 0.25) is 5.02 Å². The van der Waals surface area contributed by atoms with Gasteiger partial charge in [-0.3, -0.25) is 0 Å². The third-order valence-electron chi connectivity index (χ3n) is 4.19. The van der Waals surface area contributed by atoms with Crippen LogP contribution in [0.25, 0.3) is 0 Å². The van der Waals surface area contributed by atoms with E-state index in [4.69, 9.17) is 11.6 Å². The normalized spacial score (nSPS) is 16.1. The van der Waals surface area contributed by atoms with Crippen molar-refractivity contribution < 1.29 is 0 Å². The molecule has 112 valence electrons. The fourth-order valence-electron chi connectivity index (χ4n) is 2.68. The molecule has 0 aliphatic heterocycles. The molecule has 1 aliphatic rings. The largest absolute Gasteiger partial charge is 0.338 e. The Hall–Kier alpha value is -1.32. The van der Waals surface area contributed by atoms with Crippen LogP contribution in [0, 0.1) is 0 Å². The van der Waals surface area contributed by atoms with Crippen molar-refractivity contribution in [1.29, 1.82) is 0 Å². The molecule has 4 heteroatoms. The molecule has 0 saturated heterocycles. The van der Waals surface area contributed by atoms with Crippen LogP contribution in [-0.4, -0.2) is 22.1 Å². The maximum absolute atomic E-state index is 6.15. The van der Waals surface area contributed by atoms with Crippen LogP contribution in [0.15, 0.2) is 36.7 Å². The Balaban J connectivity index is 1.67. The molecule has 3 nitrogen and oxygen atoms in total. The van der Waals surface area contributed by atoms with Crippen molar-refractivity contribution in [2.24, 2.45) is 7.05 Å². The smallest absolute Gasteiger partial charge is 0.108 e. The van der Waals surface area contributed by atoms with Gasteiger partial charge < -0.3 is 9.88 Å². The minimum absolute atomic E-state index is 0.487. The molecule has 2 aromatic rings. The number of nitrogens with zero attached hydrogens (tertiary/aromatic N) is 2. The monoisotopic (exact) mass is 303 g/mol. The summed E-state index contributed by atoms with van der Waals surface area (Å²) in [7, 11) is 2.05. The molecule has 1 aliphatic carbocycles. The number of halogens is 1. The molecular formula is C17H22ClN3. The first kappa shape index (κ1) is 14.6. The molecule has 1 N–H and O–H groups in total. The number of aryl methyl sites for hydroxylation is 2. The second-order valence-corrected chi connectivity index (χ2v) is 6.36. The fourth-order valence-corrected chi connectivity index (χ4v) is 2.88. The summed E-state index contributed by atoms with van der Waals surface area (Å²) in [6.45, 7) is 1.02. The minimum atomic E-state index is 0.487. The summed E-state index contributed by atoms with van der Waals surface area (Å²) in [5.74, 6) is 1.63. The quantitative estimate of drug-likeness (QED) is 0.848. The van der Waals surface area contributed by atoms with E-state index in [1.807, 2.05) is 24.5 Å². The van der Waals surface area contributed by atoms with Gasteiger partial charge in [0.15, 0.2) is 0 Å². The van der Waals surface area contributed by atoms with Crippen molar-refractivity contribution in [2.75, 3.05) is 6.54 Å². The van der Waals surface area contributed by atoms with E-state index in [1.165, 1.54) is 18.4 Å². The first-order valence-corrected chi connectivity index (χ1v) is 8.05. The summed E-state index contributed by atoms with van der Waals surface area (Å²) >= 11 is 6.15. The van der Waals surface area contributed by atoms with Gasteiger partial charge in [0.1, 0.15) is 5.82 Å². The van der Waals surface area contributed by atoms with Crippen LogP contribution < -0.4 is 5.32 Å². The molecule has 1 unspecified atom stereocenters. The van der Waals surface area contributed by atoms with E-state index < -0.39 is 0 Å². The van der Waals surface area contributed by atoms with Crippen molar-refractivity contribution >= 4 is 11.6 Å². The summed E-state index contributed by atoms with van der Waals surface area (Å²) < 4.78 is 2.10. The van der Waals surface area contributed by atoms with Crippen LogP contribution in [0.3, 0.4) is 0 Å². The summed E-state index contributed by atoms with van der Waals surface area (Å²) in [5, 5.41) is 4.47. The van der Waals surface area contributed by atoms with Crippen molar-refractivity contribution in [1.82, 2.24) is 14.9 Å². The van der Waals surface area contributed by atoms with E-state index in [0.29, 0.717) is 5.92 Å². The molecule has 0 bridgehead atoms. The standard InChI is InChI=1S/C17H22ClN3/c1-21-10-9-19-17(21)8-5-14(12-20-16-6-7-16)13-3-2-4-15(18)11-13/h2-4,9-11,14,16,20H,5-8,12H2,1H3. The van der Waals surface area contributed by atoms with Crippen LogP contribution in [0.5, 0.6) is 0 Å². The van der Waals surface area contributed by atoms with Gasteiger partial charge in [0.05, 0.1) is 0 Å². The van der Waals surface area contributed by atoms with Gasteiger partial charge in [0.25, 0.3) is 0 Å². The molecule has 1 atom stereocenters. The fraction of sp³-hybridized carbons (Fsp3) is 0.471. The molecule has 1 fully saturated rings. The first-order chi connectivity index (χ1) is 10.2. The van der Waals surface area contributed by atoms with Gasteiger partial charge >= 0.3 is 0 Å². The lowest BCUT2D eigenvalue weighted by Gasteiger charge is -2.18. The van der Waals surface area contributed by atoms with E-state index >= 15 is 0 Å².